The van der Waals surface area contributed by atoms with Crippen molar-refractivity contribution < 1.29 is 37.4 Å². The molecular formula is C40H50ClN5O8S. The van der Waals surface area contributed by atoms with Gasteiger partial charge in [-0.1, -0.05) is 43.5 Å². The number of carbonyl (C=O) groups excluding carboxylic acids is 3. The van der Waals surface area contributed by atoms with Gasteiger partial charge in [-0.3, -0.25) is 24.0 Å². The number of nitrogens with zero attached hydrogens (tertiary/aromatic N) is 3. The van der Waals surface area contributed by atoms with E-state index >= 15 is 4.79 Å². The van der Waals surface area contributed by atoms with Gasteiger partial charge >= 0.3 is 6.09 Å². The highest BCUT2D eigenvalue weighted by Gasteiger charge is 2.64. The van der Waals surface area contributed by atoms with Crippen LogP contribution < -0.4 is 14.8 Å². The number of allylic oxidation sites excluding steroid dienone is 1. The van der Waals surface area contributed by atoms with E-state index in [1.165, 1.54) is 9.80 Å². The van der Waals surface area contributed by atoms with Crippen molar-refractivity contribution in [2.24, 2.45) is 11.3 Å². The zero-order valence-corrected chi connectivity index (χ0v) is 33.2. The summed E-state index contributed by atoms with van der Waals surface area (Å²) < 4.78 is 34.6. The monoisotopic (exact) mass is 795 g/mol. The number of carbonyl (C=O) groups is 4. The number of hydrogen-bond acceptors (Lipinski definition) is 8. The van der Waals surface area contributed by atoms with Crippen LogP contribution in [-0.2, 0) is 30.8 Å². The summed E-state index contributed by atoms with van der Waals surface area (Å²) in [6.45, 7) is 5.70. The summed E-state index contributed by atoms with van der Waals surface area (Å²) in [4.78, 5) is 64.1. The summed E-state index contributed by atoms with van der Waals surface area (Å²) in [6, 6.07) is 3.37. The summed E-state index contributed by atoms with van der Waals surface area (Å²) in [5.74, 6) is -1.73. The number of benzene rings is 1. The third-order valence-electron chi connectivity index (χ3n) is 13.2. The molecule has 4 amide bonds. The number of fused-ring (bicyclic) bond motifs is 5. The van der Waals surface area contributed by atoms with Gasteiger partial charge in [-0.15, -0.1) is 0 Å². The summed E-state index contributed by atoms with van der Waals surface area (Å²) in [7, 11) is -4.00. The van der Waals surface area contributed by atoms with Crippen LogP contribution in [0.3, 0.4) is 0 Å². The minimum atomic E-state index is -4.00. The number of halogens is 1. The largest absolute Gasteiger partial charge is 0.483 e. The van der Waals surface area contributed by atoms with Crippen molar-refractivity contribution in [3.05, 3.63) is 46.6 Å². The van der Waals surface area contributed by atoms with Crippen LogP contribution in [0.4, 0.5) is 4.79 Å². The van der Waals surface area contributed by atoms with Crippen molar-refractivity contribution in [3.8, 4) is 5.75 Å². The quantitative estimate of drug-likeness (QED) is 0.323. The van der Waals surface area contributed by atoms with Gasteiger partial charge < -0.3 is 20.1 Å². The van der Waals surface area contributed by atoms with Gasteiger partial charge in [0.05, 0.1) is 22.5 Å². The highest BCUT2D eigenvalue weighted by atomic mass is 35.5. The summed E-state index contributed by atoms with van der Waals surface area (Å²) in [5, 5.41) is 14.9. The molecule has 1 aromatic carbocycles. The molecule has 15 heteroatoms. The predicted molar refractivity (Wildman–Crippen MR) is 205 cm³/mol. The number of pyridine rings is 1. The van der Waals surface area contributed by atoms with Gasteiger partial charge in [0.1, 0.15) is 29.0 Å². The fourth-order valence-corrected chi connectivity index (χ4v) is 10.4. The maximum Gasteiger partial charge on any atom is 0.407 e. The highest BCUT2D eigenvalue weighted by molar-refractivity contribution is 7.91. The molecule has 1 spiro atoms. The molecule has 3 aliphatic carbocycles. The highest BCUT2D eigenvalue weighted by Crippen LogP contribution is 2.50. The fraction of sp³-hybridized carbons (Fsp3) is 0.625. The second-order valence-corrected chi connectivity index (χ2v) is 20.2. The zero-order chi connectivity index (χ0) is 39.1. The number of amides is 4. The molecule has 55 heavy (non-hydrogen) atoms. The van der Waals surface area contributed by atoms with Gasteiger partial charge in [0.2, 0.25) is 21.8 Å². The van der Waals surface area contributed by atoms with Crippen LogP contribution in [0.15, 0.2) is 30.4 Å². The average Bonchev–Trinajstić information content (AvgIpc) is 4.09. The average molecular weight is 796 g/mol. The molecule has 1 saturated heterocycles. The van der Waals surface area contributed by atoms with Gasteiger partial charge in [0.25, 0.3) is 5.91 Å². The number of ether oxygens (including phenoxy) is 1. The van der Waals surface area contributed by atoms with Crippen molar-refractivity contribution in [1.29, 1.82) is 0 Å². The van der Waals surface area contributed by atoms with E-state index in [0.29, 0.717) is 61.4 Å². The van der Waals surface area contributed by atoms with Gasteiger partial charge in [0.15, 0.2) is 0 Å². The number of sulfonamides is 1. The van der Waals surface area contributed by atoms with Gasteiger partial charge in [-0.2, -0.15) is 0 Å². The predicted octanol–water partition coefficient (Wildman–Crippen LogP) is 5.40. The number of aromatic nitrogens is 1. The van der Waals surface area contributed by atoms with Crippen LogP contribution in [-0.4, -0.2) is 93.2 Å². The lowest BCUT2D eigenvalue weighted by Gasteiger charge is -2.37. The van der Waals surface area contributed by atoms with Crippen LogP contribution in [0.2, 0.25) is 5.02 Å². The van der Waals surface area contributed by atoms with E-state index in [4.69, 9.17) is 21.3 Å². The Morgan fingerprint density at radius 1 is 1.11 bits per heavy atom. The van der Waals surface area contributed by atoms with Gasteiger partial charge in [-0.05, 0) is 102 Å². The van der Waals surface area contributed by atoms with Crippen LogP contribution in [0.1, 0.15) is 102 Å². The van der Waals surface area contributed by atoms with E-state index in [1.54, 1.807) is 13.0 Å². The molecule has 4 fully saturated rings. The third-order valence-corrected chi connectivity index (χ3v) is 15.6. The smallest absolute Gasteiger partial charge is 0.407 e. The molecule has 296 valence electrons. The summed E-state index contributed by atoms with van der Waals surface area (Å²) in [6.07, 6.45) is 9.69. The Kier molecular flexibility index (Phi) is 9.22. The fourth-order valence-electron chi connectivity index (χ4n) is 8.89. The van der Waals surface area contributed by atoms with Gasteiger partial charge in [0, 0.05) is 34.9 Å². The molecule has 0 unspecified atom stereocenters. The molecule has 1 aromatic heterocycles. The number of aryl methyl sites for hydroxylation is 2. The lowest BCUT2D eigenvalue weighted by Crippen LogP contribution is -2.59. The summed E-state index contributed by atoms with van der Waals surface area (Å²) >= 11 is 6.39. The Bertz CT molecular complexity index is 2120. The third kappa shape index (κ3) is 6.95. The molecule has 3 N–H and O–H groups in total. The number of carboxylic acid groups (broad SMARTS) is 1. The van der Waals surface area contributed by atoms with Crippen molar-refractivity contribution in [3.63, 3.8) is 0 Å². The van der Waals surface area contributed by atoms with Crippen molar-refractivity contribution in [1.82, 2.24) is 24.8 Å². The first kappa shape index (κ1) is 38.0. The van der Waals surface area contributed by atoms with E-state index in [-0.39, 0.29) is 31.3 Å². The number of rotatable bonds is 6. The molecule has 3 aliphatic heterocycles. The molecule has 0 radical (unpaired) electrons. The standard InChI is InChI=1S/C40H50ClN5O8S/c1-24-32-27(28-19-26(41)11-12-29(28)42-24)13-14-39(54-32)21-31-33(47)43-40(35(49)44-55(52,53)38(3)17-18-38)20-25(40)9-7-5-4-6-8-10-30(34(48)45(31)23-39)46(36(50)51)22-37(2)15-16-37/h7,9,11-12,19,25,30-31H,4-6,8,10,13-18,20-23H2,1-3H3,(H,43,47)(H,44,49)(H,50,51)/t25-,30+,31+,39-,40-/m1/s1. The Labute approximate surface area is 326 Å². The zero-order valence-electron chi connectivity index (χ0n) is 31.7. The molecule has 4 heterocycles. The second kappa shape index (κ2) is 13.3. The van der Waals surface area contributed by atoms with E-state index < -0.39 is 67.7 Å². The maximum absolute atomic E-state index is 15.0. The van der Waals surface area contributed by atoms with E-state index in [9.17, 15) is 27.9 Å². The lowest BCUT2D eigenvalue weighted by atomic mass is 9.87. The molecule has 13 nitrogen and oxygen atoms in total. The maximum atomic E-state index is 15.0. The molecule has 2 aromatic rings. The second-order valence-electron chi connectivity index (χ2n) is 17.6. The molecule has 3 saturated carbocycles. The first-order chi connectivity index (χ1) is 26.0. The van der Waals surface area contributed by atoms with Crippen LogP contribution in [0.25, 0.3) is 10.9 Å². The first-order valence-corrected chi connectivity index (χ1v) is 21.5. The van der Waals surface area contributed by atoms with Crippen LogP contribution >= 0.6 is 11.6 Å². The van der Waals surface area contributed by atoms with Crippen molar-refractivity contribution in [2.75, 3.05) is 13.1 Å². The van der Waals surface area contributed by atoms with Crippen molar-refractivity contribution >= 4 is 56.3 Å². The molecule has 5 atom stereocenters. The minimum absolute atomic E-state index is 0.0207. The Morgan fingerprint density at radius 3 is 2.58 bits per heavy atom. The molecule has 6 aliphatic rings. The first-order valence-electron chi connectivity index (χ1n) is 19.6. The van der Waals surface area contributed by atoms with E-state index in [1.807, 2.05) is 38.1 Å². The topological polar surface area (TPSA) is 175 Å². The molecule has 0 bridgehead atoms. The van der Waals surface area contributed by atoms with E-state index in [2.05, 4.69) is 10.0 Å². The van der Waals surface area contributed by atoms with Crippen molar-refractivity contribution in [2.45, 2.75) is 132 Å². The Hall–Kier alpha value is -3.91. The lowest BCUT2D eigenvalue weighted by molar-refractivity contribution is -0.143. The van der Waals surface area contributed by atoms with Crippen LogP contribution in [0, 0.1) is 18.3 Å². The normalized spacial score (nSPS) is 30.8. The summed E-state index contributed by atoms with van der Waals surface area (Å²) in [5.41, 5.74) is -0.374. The van der Waals surface area contributed by atoms with Gasteiger partial charge in [-0.25, -0.2) is 18.2 Å². The molecular weight excluding hydrogens is 746 g/mol. The number of nitrogens with one attached hydrogen (secondary N) is 2. The Morgan fingerprint density at radius 2 is 1.87 bits per heavy atom. The minimum Gasteiger partial charge on any atom is -0.483 e. The Balaban J connectivity index is 1.16. The SMILES string of the molecule is Cc1nc2ccc(Cl)cc2c2c1O[C@]1(CC2)C[C@H]2C(=O)N[C@]3(C(=O)NS(=O)(=O)C4(C)CC4)C[C@H]3C=CCCCCC[C@H](N(CC3(C)CC3)C(=O)O)C(=O)N2C1. The van der Waals surface area contributed by atoms with Crippen LogP contribution in [0.5, 0.6) is 5.75 Å². The number of hydrogen-bond donors (Lipinski definition) is 3. The molecule has 8 rings (SSSR count). The van der Waals surface area contributed by atoms with E-state index in [0.717, 1.165) is 42.1 Å².